The summed E-state index contributed by atoms with van der Waals surface area (Å²) in [6.45, 7) is 2.04. The molecule has 41 heavy (non-hydrogen) atoms. The van der Waals surface area contributed by atoms with Crippen molar-refractivity contribution < 1.29 is 27.9 Å². The van der Waals surface area contributed by atoms with Crippen LogP contribution in [0.25, 0.3) is 0 Å². The average Bonchev–Trinajstić information content (AvgIpc) is 3.67. The second-order valence-corrected chi connectivity index (χ2v) is 10.5. The van der Waals surface area contributed by atoms with Crippen LogP contribution < -0.4 is 15.5 Å². The SMILES string of the molecule is CCN1C[C@@]2(C[C@@H]2C(=O)N(C)C)n2cc(C(=O)NCc3ccc(F)cc3F)c(=O)c(OCc3ccccc3)c2C1=O. The van der Waals surface area contributed by atoms with Crippen molar-refractivity contribution in [2.45, 2.75) is 32.0 Å². The maximum Gasteiger partial charge on any atom is 0.274 e. The second kappa shape index (κ2) is 10.8. The third-order valence-corrected chi connectivity index (χ3v) is 7.69. The maximum atomic E-state index is 14.2. The highest BCUT2D eigenvalue weighted by molar-refractivity contribution is 6.00. The minimum atomic E-state index is -0.864. The molecule has 1 aliphatic heterocycles. The Morgan fingerprint density at radius 2 is 1.85 bits per heavy atom. The first-order valence-electron chi connectivity index (χ1n) is 13.3. The molecule has 0 unspecified atom stereocenters. The molecule has 1 fully saturated rings. The predicted octanol–water partition coefficient (Wildman–Crippen LogP) is 2.91. The molecule has 11 heteroatoms. The van der Waals surface area contributed by atoms with E-state index in [2.05, 4.69) is 5.32 Å². The summed E-state index contributed by atoms with van der Waals surface area (Å²) < 4.78 is 35.0. The molecular formula is C30H30F2N4O5. The van der Waals surface area contributed by atoms with Gasteiger partial charge in [0, 0.05) is 51.6 Å². The quantitative estimate of drug-likeness (QED) is 0.454. The van der Waals surface area contributed by atoms with Crippen LogP contribution in [0.3, 0.4) is 0 Å². The summed E-state index contributed by atoms with van der Waals surface area (Å²) in [7, 11) is 3.29. The van der Waals surface area contributed by atoms with E-state index in [4.69, 9.17) is 4.74 Å². The third kappa shape index (κ3) is 5.07. The highest BCUT2D eigenvalue weighted by atomic mass is 19.1. The Morgan fingerprint density at radius 1 is 1.12 bits per heavy atom. The number of carbonyl (C=O) groups excluding carboxylic acids is 3. The number of aromatic nitrogens is 1. The fourth-order valence-electron chi connectivity index (χ4n) is 5.35. The molecule has 3 aromatic rings. The molecule has 214 valence electrons. The van der Waals surface area contributed by atoms with Crippen molar-refractivity contribution in [3.63, 3.8) is 0 Å². The number of benzene rings is 2. The number of ether oxygens (including phenoxy) is 1. The smallest absolute Gasteiger partial charge is 0.274 e. The van der Waals surface area contributed by atoms with Crippen LogP contribution in [0.1, 0.15) is 45.3 Å². The summed E-state index contributed by atoms with van der Waals surface area (Å²) in [5.41, 5.74) is -1.24. The Hall–Kier alpha value is -4.54. The van der Waals surface area contributed by atoms with Crippen LogP contribution in [-0.2, 0) is 23.5 Å². The summed E-state index contributed by atoms with van der Waals surface area (Å²) in [6.07, 6.45) is 1.71. The van der Waals surface area contributed by atoms with E-state index in [1.54, 1.807) is 47.8 Å². The van der Waals surface area contributed by atoms with Gasteiger partial charge in [-0.2, -0.15) is 0 Å². The van der Waals surface area contributed by atoms with Gasteiger partial charge < -0.3 is 24.4 Å². The molecule has 0 saturated heterocycles. The number of hydrogen-bond donors (Lipinski definition) is 1. The number of pyridine rings is 1. The van der Waals surface area contributed by atoms with Crippen LogP contribution >= 0.6 is 0 Å². The number of amides is 3. The summed E-state index contributed by atoms with van der Waals surface area (Å²) >= 11 is 0. The minimum absolute atomic E-state index is 0.0192. The van der Waals surface area contributed by atoms with Crippen molar-refractivity contribution in [3.05, 3.63) is 99.0 Å². The number of fused-ring (bicyclic) bond motifs is 2. The number of nitrogens with zero attached hydrogens (tertiary/aromatic N) is 3. The lowest BCUT2D eigenvalue weighted by atomic mass is 10.0. The lowest BCUT2D eigenvalue weighted by molar-refractivity contribution is -0.131. The Morgan fingerprint density at radius 3 is 2.51 bits per heavy atom. The van der Waals surface area contributed by atoms with Crippen LogP contribution in [0.4, 0.5) is 8.78 Å². The number of nitrogens with one attached hydrogen (secondary N) is 1. The topological polar surface area (TPSA) is 101 Å². The van der Waals surface area contributed by atoms with Gasteiger partial charge in [-0.25, -0.2) is 8.78 Å². The molecule has 9 nitrogen and oxygen atoms in total. The van der Waals surface area contributed by atoms with E-state index >= 15 is 0 Å². The lowest BCUT2D eigenvalue weighted by Gasteiger charge is -2.37. The van der Waals surface area contributed by atoms with Gasteiger partial charge in [-0.3, -0.25) is 19.2 Å². The van der Waals surface area contributed by atoms with Crippen molar-refractivity contribution in [2.75, 3.05) is 27.2 Å². The molecule has 2 heterocycles. The van der Waals surface area contributed by atoms with Crippen molar-refractivity contribution in [3.8, 4) is 5.75 Å². The highest BCUT2D eigenvalue weighted by Gasteiger charge is 2.64. The van der Waals surface area contributed by atoms with Crippen LogP contribution in [0, 0.1) is 17.6 Å². The zero-order valence-electron chi connectivity index (χ0n) is 22.9. The van der Waals surface area contributed by atoms with Crippen molar-refractivity contribution in [1.82, 2.24) is 19.7 Å². The largest absolute Gasteiger partial charge is 0.483 e. The molecule has 3 amide bonds. The van der Waals surface area contributed by atoms with Gasteiger partial charge >= 0.3 is 0 Å². The summed E-state index contributed by atoms with van der Waals surface area (Å²) in [6, 6.07) is 12.0. The summed E-state index contributed by atoms with van der Waals surface area (Å²) in [5, 5.41) is 2.51. The Kier molecular flexibility index (Phi) is 7.37. The van der Waals surface area contributed by atoms with Crippen molar-refractivity contribution in [1.29, 1.82) is 0 Å². The minimum Gasteiger partial charge on any atom is -0.483 e. The normalized spacial score (nSPS) is 19.1. The zero-order valence-corrected chi connectivity index (χ0v) is 22.9. The van der Waals surface area contributed by atoms with Gasteiger partial charge in [-0.05, 0) is 25.0 Å². The van der Waals surface area contributed by atoms with Gasteiger partial charge in [0.2, 0.25) is 11.3 Å². The van der Waals surface area contributed by atoms with Crippen molar-refractivity contribution >= 4 is 17.7 Å². The Bertz CT molecular complexity index is 1590. The average molecular weight is 565 g/mol. The monoisotopic (exact) mass is 564 g/mol. The predicted molar refractivity (Wildman–Crippen MR) is 145 cm³/mol. The molecule has 1 aliphatic carbocycles. The maximum absolute atomic E-state index is 14.2. The van der Waals surface area contributed by atoms with Gasteiger partial charge in [0.05, 0.1) is 11.5 Å². The van der Waals surface area contributed by atoms with E-state index in [-0.39, 0.29) is 48.2 Å². The number of likely N-dealkylation sites (N-methyl/N-ethyl adjacent to an activating group) is 1. The second-order valence-electron chi connectivity index (χ2n) is 10.5. The van der Waals surface area contributed by atoms with Crippen LogP contribution in [-0.4, -0.2) is 59.3 Å². The lowest BCUT2D eigenvalue weighted by Crippen LogP contribution is -2.51. The van der Waals surface area contributed by atoms with E-state index in [9.17, 15) is 28.0 Å². The van der Waals surface area contributed by atoms with Gasteiger partial charge in [0.25, 0.3) is 11.8 Å². The van der Waals surface area contributed by atoms with E-state index in [1.165, 1.54) is 17.2 Å². The molecule has 2 aliphatic rings. The number of rotatable bonds is 8. The fourth-order valence-corrected chi connectivity index (χ4v) is 5.35. The van der Waals surface area contributed by atoms with E-state index in [1.807, 2.05) is 13.0 Å². The molecule has 2 aromatic carbocycles. The Labute approximate surface area is 235 Å². The van der Waals surface area contributed by atoms with Gasteiger partial charge in [0.1, 0.15) is 23.8 Å². The first-order valence-corrected chi connectivity index (χ1v) is 13.3. The number of halogens is 2. The van der Waals surface area contributed by atoms with Crippen molar-refractivity contribution in [2.24, 2.45) is 5.92 Å². The number of carbonyl (C=O) groups is 3. The zero-order chi connectivity index (χ0) is 29.5. The molecule has 1 N–H and O–H groups in total. The summed E-state index contributed by atoms with van der Waals surface area (Å²) in [5.74, 6) is -3.77. The summed E-state index contributed by atoms with van der Waals surface area (Å²) in [4.78, 5) is 56.8. The molecule has 0 radical (unpaired) electrons. The fraction of sp³-hybridized carbons (Fsp3) is 0.333. The molecule has 2 atom stereocenters. The molecule has 0 bridgehead atoms. The third-order valence-electron chi connectivity index (χ3n) is 7.69. The van der Waals surface area contributed by atoms with Gasteiger partial charge in [-0.1, -0.05) is 36.4 Å². The van der Waals surface area contributed by atoms with Gasteiger partial charge in [-0.15, -0.1) is 0 Å². The van der Waals surface area contributed by atoms with E-state index in [0.717, 1.165) is 11.6 Å². The highest BCUT2D eigenvalue weighted by Crippen LogP contribution is 2.54. The molecule has 1 saturated carbocycles. The molecule has 5 rings (SSSR count). The van der Waals surface area contributed by atoms with Crippen LogP contribution in [0.2, 0.25) is 0 Å². The van der Waals surface area contributed by atoms with E-state index in [0.29, 0.717) is 19.0 Å². The Balaban J connectivity index is 1.59. The first kappa shape index (κ1) is 28.0. The first-order chi connectivity index (χ1) is 19.6. The standard InChI is InChI=1S/C30H30F2N4O5/c1-4-35-17-30(13-22(30)28(39)34(2)3)36-15-21(27(38)33-14-19-10-11-20(31)12-23(19)32)25(37)26(24(36)29(35)40)41-16-18-8-6-5-7-9-18/h5-12,15,22H,4,13-14,16-17H2,1-3H3,(H,33,38)/t22-,30-/m1/s1. The van der Waals surface area contributed by atoms with E-state index < -0.39 is 40.3 Å². The van der Waals surface area contributed by atoms with Crippen LogP contribution in [0.15, 0.2) is 59.5 Å². The molecule has 1 aromatic heterocycles. The van der Waals surface area contributed by atoms with Gasteiger partial charge in [0.15, 0.2) is 11.4 Å². The van der Waals surface area contributed by atoms with Crippen LogP contribution in [0.5, 0.6) is 5.75 Å². The number of hydrogen-bond acceptors (Lipinski definition) is 5. The molecular weight excluding hydrogens is 534 g/mol. The molecule has 1 spiro atoms.